The molecule has 1 amide bonds. The van der Waals surface area contributed by atoms with E-state index in [2.05, 4.69) is 10.3 Å². The molecule has 0 aliphatic heterocycles. The number of carbonyl (C=O) groups excluding carboxylic acids is 1. The molecule has 4 N–H and O–H groups in total. The minimum Gasteiger partial charge on any atom is -0.383 e. The molecule has 0 saturated heterocycles. The number of H-pyrrole nitrogens is 1. The number of nitrogen functional groups attached to an aromatic ring is 1. The Balaban J connectivity index is 2.40. The third-order valence-electron chi connectivity index (χ3n) is 4.20. The van der Waals surface area contributed by atoms with Crippen LogP contribution in [-0.2, 0) is 11.3 Å². The molecule has 0 spiro atoms. The van der Waals surface area contributed by atoms with E-state index in [1.807, 2.05) is 27.7 Å². The average Bonchev–Trinajstić information content (AvgIpc) is 2.60. The Bertz CT molecular complexity index is 1030. The molecule has 0 aliphatic rings. The minimum absolute atomic E-state index is 0.0140. The van der Waals surface area contributed by atoms with Crippen LogP contribution in [0.1, 0.15) is 27.7 Å². The van der Waals surface area contributed by atoms with Gasteiger partial charge in [-0.05, 0) is 30.0 Å². The van der Waals surface area contributed by atoms with Crippen LogP contribution in [0.4, 0.5) is 21.6 Å². The highest BCUT2D eigenvalue weighted by molar-refractivity contribution is 6.30. The number of rotatable bonds is 8. The number of anilines is 3. The number of hydrogen-bond acceptors (Lipinski definition) is 5. The summed E-state index contributed by atoms with van der Waals surface area (Å²) in [6, 6.07) is 3.82. The highest BCUT2D eigenvalue weighted by atomic mass is 35.5. The lowest BCUT2D eigenvalue weighted by Crippen LogP contribution is -2.43. The van der Waals surface area contributed by atoms with E-state index >= 15 is 0 Å². The molecule has 1 aromatic heterocycles. The molecule has 164 valence electrons. The number of amides is 1. The summed E-state index contributed by atoms with van der Waals surface area (Å²) in [5.74, 6) is -1.02. The van der Waals surface area contributed by atoms with Gasteiger partial charge in [-0.3, -0.25) is 19.1 Å². The Labute approximate surface area is 178 Å². The molecular formula is C20H27ClFN5O3. The highest BCUT2D eigenvalue weighted by Gasteiger charge is 2.22. The van der Waals surface area contributed by atoms with Crippen molar-refractivity contribution in [2.75, 3.05) is 29.0 Å². The number of hydrogen-bond donors (Lipinski definition) is 3. The SMILES string of the molecule is CC(C)CN(CC(=O)Nc1cc(Cl)ccc1F)c1c(N)n(CC(C)C)c(=O)[nH]c1=O. The van der Waals surface area contributed by atoms with Gasteiger partial charge in [0.2, 0.25) is 5.91 Å². The highest BCUT2D eigenvalue weighted by Crippen LogP contribution is 2.21. The molecule has 0 unspecified atom stereocenters. The van der Waals surface area contributed by atoms with E-state index in [-0.39, 0.29) is 40.6 Å². The number of benzene rings is 1. The van der Waals surface area contributed by atoms with Crippen LogP contribution in [0.5, 0.6) is 0 Å². The zero-order chi connectivity index (χ0) is 22.6. The molecule has 1 aromatic carbocycles. The Kier molecular flexibility index (Phi) is 7.66. The molecule has 0 saturated carbocycles. The van der Waals surface area contributed by atoms with E-state index in [9.17, 15) is 18.8 Å². The maximum atomic E-state index is 13.9. The third-order valence-corrected chi connectivity index (χ3v) is 4.44. The minimum atomic E-state index is -0.681. The van der Waals surface area contributed by atoms with E-state index in [1.165, 1.54) is 21.6 Å². The van der Waals surface area contributed by atoms with Crippen LogP contribution < -0.4 is 27.2 Å². The van der Waals surface area contributed by atoms with Gasteiger partial charge in [0.1, 0.15) is 17.3 Å². The van der Waals surface area contributed by atoms with Crippen molar-refractivity contribution in [3.05, 3.63) is 49.9 Å². The van der Waals surface area contributed by atoms with Crippen LogP contribution in [0.2, 0.25) is 5.02 Å². The van der Waals surface area contributed by atoms with Gasteiger partial charge >= 0.3 is 5.69 Å². The summed E-state index contributed by atoms with van der Waals surface area (Å²) in [6.45, 7) is 8.01. The van der Waals surface area contributed by atoms with Crippen LogP contribution in [0.3, 0.4) is 0 Å². The Morgan fingerprint density at radius 3 is 2.53 bits per heavy atom. The maximum Gasteiger partial charge on any atom is 0.330 e. The van der Waals surface area contributed by atoms with Crippen molar-refractivity contribution in [2.45, 2.75) is 34.2 Å². The van der Waals surface area contributed by atoms with Crippen molar-refractivity contribution < 1.29 is 9.18 Å². The second-order valence-corrected chi connectivity index (χ2v) is 8.38. The fourth-order valence-corrected chi connectivity index (χ4v) is 3.23. The summed E-state index contributed by atoms with van der Waals surface area (Å²) in [4.78, 5) is 41.1. The van der Waals surface area contributed by atoms with Gasteiger partial charge in [0, 0.05) is 18.1 Å². The summed E-state index contributed by atoms with van der Waals surface area (Å²) in [7, 11) is 0. The summed E-state index contributed by atoms with van der Waals surface area (Å²) in [5.41, 5.74) is 4.85. The number of aromatic amines is 1. The fourth-order valence-electron chi connectivity index (χ4n) is 3.06. The first-order valence-corrected chi connectivity index (χ1v) is 9.99. The maximum absolute atomic E-state index is 13.9. The van der Waals surface area contributed by atoms with Gasteiger partial charge in [-0.15, -0.1) is 0 Å². The normalized spacial score (nSPS) is 11.2. The van der Waals surface area contributed by atoms with Gasteiger partial charge in [0.05, 0.1) is 12.2 Å². The van der Waals surface area contributed by atoms with Crippen molar-refractivity contribution in [1.82, 2.24) is 9.55 Å². The molecule has 2 aromatic rings. The Morgan fingerprint density at radius 1 is 1.27 bits per heavy atom. The van der Waals surface area contributed by atoms with E-state index in [0.717, 1.165) is 6.07 Å². The molecule has 1 heterocycles. The van der Waals surface area contributed by atoms with Gasteiger partial charge in [-0.25, -0.2) is 9.18 Å². The first-order valence-electron chi connectivity index (χ1n) is 9.62. The quantitative estimate of drug-likeness (QED) is 0.585. The Morgan fingerprint density at radius 2 is 1.93 bits per heavy atom. The zero-order valence-electron chi connectivity index (χ0n) is 17.5. The fraction of sp³-hybridized carbons (Fsp3) is 0.450. The van der Waals surface area contributed by atoms with Crippen LogP contribution in [0.25, 0.3) is 0 Å². The monoisotopic (exact) mass is 439 g/mol. The molecule has 0 fully saturated rings. The standard InChI is InChI=1S/C20H27ClFN5O3/c1-11(2)8-26(10-16(28)24-15-7-13(21)5-6-14(15)22)17-18(23)27(9-12(3)4)20(30)25-19(17)29/h5-7,11-12H,8-10,23H2,1-4H3,(H,24,28)(H,25,29,30). The van der Waals surface area contributed by atoms with Crippen molar-refractivity contribution in [2.24, 2.45) is 11.8 Å². The third kappa shape index (κ3) is 5.85. The van der Waals surface area contributed by atoms with Gasteiger partial charge in [-0.2, -0.15) is 0 Å². The van der Waals surface area contributed by atoms with Gasteiger partial charge < -0.3 is 16.0 Å². The van der Waals surface area contributed by atoms with Crippen LogP contribution in [0, 0.1) is 17.7 Å². The topological polar surface area (TPSA) is 113 Å². The van der Waals surface area contributed by atoms with Gasteiger partial charge in [0.25, 0.3) is 5.56 Å². The summed E-state index contributed by atoms with van der Waals surface area (Å²) in [5, 5.41) is 2.73. The molecule has 10 heteroatoms. The summed E-state index contributed by atoms with van der Waals surface area (Å²) < 4.78 is 15.2. The van der Waals surface area contributed by atoms with E-state index < -0.39 is 23.0 Å². The number of halogens is 2. The van der Waals surface area contributed by atoms with Crippen molar-refractivity contribution >= 4 is 34.7 Å². The molecule has 0 atom stereocenters. The lowest BCUT2D eigenvalue weighted by Gasteiger charge is -2.27. The Hall–Kier alpha value is -2.81. The van der Waals surface area contributed by atoms with Gasteiger partial charge in [-0.1, -0.05) is 39.3 Å². The van der Waals surface area contributed by atoms with E-state index in [0.29, 0.717) is 13.1 Å². The molecule has 0 radical (unpaired) electrons. The van der Waals surface area contributed by atoms with Crippen LogP contribution >= 0.6 is 11.6 Å². The first-order chi connectivity index (χ1) is 14.0. The van der Waals surface area contributed by atoms with Gasteiger partial charge in [0.15, 0.2) is 0 Å². The second-order valence-electron chi connectivity index (χ2n) is 7.94. The first kappa shape index (κ1) is 23.5. The van der Waals surface area contributed by atoms with E-state index in [4.69, 9.17) is 17.3 Å². The predicted molar refractivity (Wildman–Crippen MR) is 118 cm³/mol. The lowest BCUT2D eigenvalue weighted by molar-refractivity contribution is -0.115. The van der Waals surface area contributed by atoms with Crippen molar-refractivity contribution in [3.63, 3.8) is 0 Å². The average molecular weight is 440 g/mol. The summed E-state index contributed by atoms with van der Waals surface area (Å²) in [6.07, 6.45) is 0. The molecule has 0 aliphatic carbocycles. The smallest absolute Gasteiger partial charge is 0.330 e. The number of carbonyl (C=O) groups is 1. The van der Waals surface area contributed by atoms with Crippen LogP contribution in [-0.4, -0.2) is 28.5 Å². The molecule has 8 nitrogen and oxygen atoms in total. The predicted octanol–water partition coefficient (Wildman–Crippen LogP) is 2.67. The lowest BCUT2D eigenvalue weighted by atomic mass is 10.2. The van der Waals surface area contributed by atoms with Crippen molar-refractivity contribution in [1.29, 1.82) is 0 Å². The number of aromatic nitrogens is 2. The van der Waals surface area contributed by atoms with E-state index in [1.54, 1.807) is 0 Å². The number of nitrogens with zero attached hydrogens (tertiary/aromatic N) is 2. The second kappa shape index (κ2) is 9.80. The zero-order valence-corrected chi connectivity index (χ0v) is 18.2. The van der Waals surface area contributed by atoms with Crippen molar-refractivity contribution in [3.8, 4) is 0 Å². The molecule has 30 heavy (non-hydrogen) atoms. The summed E-state index contributed by atoms with van der Waals surface area (Å²) >= 11 is 5.86. The largest absolute Gasteiger partial charge is 0.383 e. The van der Waals surface area contributed by atoms with Crippen LogP contribution in [0.15, 0.2) is 27.8 Å². The molecule has 0 bridgehead atoms. The number of nitrogens with two attached hydrogens (primary N) is 1. The molecular weight excluding hydrogens is 413 g/mol. The molecule has 2 rings (SSSR count). The number of nitrogens with one attached hydrogen (secondary N) is 2.